The molecule has 0 aliphatic carbocycles. The molecule has 1 fully saturated rings. The van der Waals surface area contributed by atoms with Crippen LogP contribution in [0.5, 0.6) is 0 Å². The lowest BCUT2D eigenvalue weighted by Crippen LogP contribution is -2.68. The van der Waals surface area contributed by atoms with Gasteiger partial charge < -0.3 is 10.2 Å². The van der Waals surface area contributed by atoms with Crippen LogP contribution in [0.15, 0.2) is 0 Å². The van der Waals surface area contributed by atoms with Gasteiger partial charge in [-0.15, -0.1) is 0 Å². The molecule has 0 saturated carbocycles. The SMILES string of the molecule is CCC1(C)NC(=O)C(C)N(CC(C)CSC)C1=O. The van der Waals surface area contributed by atoms with Crippen LogP contribution in [-0.4, -0.2) is 46.8 Å². The van der Waals surface area contributed by atoms with Crippen LogP contribution in [0, 0.1) is 5.92 Å². The number of hydrogen-bond donors (Lipinski definition) is 1. The van der Waals surface area contributed by atoms with Crippen molar-refractivity contribution in [3.05, 3.63) is 0 Å². The molecule has 1 rings (SSSR count). The minimum Gasteiger partial charge on any atom is -0.340 e. The Morgan fingerprint density at radius 2 is 2.11 bits per heavy atom. The van der Waals surface area contributed by atoms with Gasteiger partial charge in [-0.3, -0.25) is 9.59 Å². The van der Waals surface area contributed by atoms with Gasteiger partial charge in [0, 0.05) is 6.54 Å². The molecule has 3 atom stereocenters. The highest BCUT2D eigenvalue weighted by Gasteiger charge is 2.45. The monoisotopic (exact) mass is 272 g/mol. The van der Waals surface area contributed by atoms with Gasteiger partial charge in [0.15, 0.2) is 0 Å². The number of rotatable bonds is 5. The normalized spacial score (nSPS) is 30.3. The molecule has 3 unspecified atom stereocenters. The Hall–Kier alpha value is -0.710. The lowest BCUT2D eigenvalue weighted by Gasteiger charge is -2.43. The predicted octanol–water partition coefficient (Wildman–Crippen LogP) is 1.50. The Morgan fingerprint density at radius 3 is 2.61 bits per heavy atom. The molecular weight excluding hydrogens is 248 g/mol. The van der Waals surface area contributed by atoms with Gasteiger partial charge in [0.1, 0.15) is 11.6 Å². The van der Waals surface area contributed by atoms with E-state index in [1.807, 2.05) is 13.8 Å². The third kappa shape index (κ3) is 2.99. The van der Waals surface area contributed by atoms with Crippen LogP contribution in [0.2, 0.25) is 0 Å². The fraction of sp³-hybridized carbons (Fsp3) is 0.846. The number of hydrogen-bond acceptors (Lipinski definition) is 3. The van der Waals surface area contributed by atoms with E-state index in [-0.39, 0.29) is 17.9 Å². The summed E-state index contributed by atoms with van der Waals surface area (Å²) in [5.74, 6) is 1.40. The van der Waals surface area contributed by atoms with Crippen molar-refractivity contribution in [3.63, 3.8) is 0 Å². The summed E-state index contributed by atoms with van der Waals surface area (Å²) in [7, 11) is 0. The molecule has 0 aromatic heterocycles. The number of amides is 2. The van der Waals surface area contributed by atoms with E-state index in [4.69, 9.17) is 0 Å². The topological polar surface area (TPSA) is 49.4 Å². The van der Waals surface area contributed by atoms with Crippen LogP contribution < -0.4 is 5.32 Å². The fourth-order valence-electron chi connectivity index (χ4n) is 2.22. The maximum Gasteiger partial charge on any atom is 0.248 e. The minimum atomic E-state index is -0.733. The summed E-state index contributed by atoms with van der Waals surface area (Å²) in [5, 5.41) is 2.84. The number of carbonyl (C=O) groups excluding carboxylic acids is 2. The van der Waals surface area contributed by atoms with Crippen LogP contribution >= 0.6 is 11.8 Å². The van der Waals surface area contributed by atoms with E-state index >= 15 is 0 Å². The Bertz CT molecular complexity index is 335. The van der Waals surface area contributed by atoms with Crippen molar-refractivity contribution in [1.82, 2.24) is 10.2 Å². The summed E-state index contributed by atoms with van der Waals surface area (Å²) >= 11 is 1.77. The van der Waals surface area contributed by atoms with Crippen LogP contribution in [0.1, 0.15) is 34.1 Å². The highest BCUT2D eigenvalue weighted by Crippen LogP contribution is 2.22. The lowest BCUT2D eigenvalue weighted by atomic mass is 9.91. The molecule has 1 N–H and O–H groups in total. The van der Waals surface area contributed by atoms with E-state index in [2.05, 4.69) is 18.5 Å². The predicted molar refractivity (Wildman–Crippen MR) is 75.6 cm³/mol. The fourth-order valence-corrected chi connectivity index (χ4v) is 2.89. The first-order valence-electron chi connectivity index (χ1n) is 6.47. The van der Waals surface area contributed by atoms with E-state index in [1.54, 1.807) is 23.6 Å². The molecule has 1 aliphatic rings. The van der Waals surface area contributed by atoms with E-state index in [9.17, 15) is 9.59 Å². The van der Waals surface area contributed by atoms with Gasteiger partial charge in [-0.05, 0) is 38.2 Å². The number of piperazine rings is 1. The molecule has 0 bridgehead atoms. The Labute approximate surface area is 114 Å². The molecule has 5 heteroatoms. The Morgan fingerprint density at radius 1 is 1.50 bits per heavy atom. The van der Waals surface area contributed by atoms with Gasteiger partial charge in [0.05, 0.1) is 0 Å². The Kier molecular flexibility index (Phi) is 5.08. The molecule has 4 nitrogen and oxygen atoms in total. The molecule has 104 valence electrons. The van der Waals surface area contributed by atoms with Gasteiger partial charge in [-0.25, -0.2) is 0 Å². The second-order valence-corrected chi connectivity index (χ2v) is 6.28. The van der Waals surface area contributed by atoms with Crippen LogP contribution in [0.3, 0.4) is 0 Å². The summed E-state index contributed by atoms with van der Waals surface area (Å²) in [6.45, 7) is 8.31. The first-order chi connectivity index (χ1) is 8.35. The van der Waals surface area contributed by atoms with Gasteiger partial charge in [0.25, 0.3) is 0 Å². The van der Waals surface area contributed by atoms with Crippen LogP contribution in [0.4, 0.5) is 0 Å². The maximum atomic E-state index is 12.5. The average Bonchev–Trinajstić information content (AvgIpc) is 2.32. The second kappa shape index (κ2) is 5.95. The smallest absolute Gasteiger partial charge is 0.248 e. The zero-order valence-corrected chi connectivity index (χ0v) is 12.8. The van der Waals surface area contributed by atoms with Crippen molar-refractivity contribution in [2.45, 2.75) is 45.7 Å². The number of carbonyl (C=O) groups is 2. The third-order valence-electron chi connectivity index (χ3n) is 3.65. The van der Waals surface area contributed by atoms with E-state index in [0.717, 1.165) is 5.75 Å². The average molecular weight is 272 g/mol. The number of thioether (sulfide) groups is 1. The zero-order chi connectivity index (χ0) is 13.9. The highest BCUT2D eigenvalue weighted by atomic mass is 32.2. The van der Waals surface area contributed by atoms with Gasteiger partial charge in [0.2, 0.25) is 11.8 Å². The van der Waals surface area contributed by atoms with E-state index < -0.39 is 5.54 Å². The summed E-state index contributed by atoms with van der Waals surface area (Å²) in [6.07, 6.45) is 2.68. The van der Waals surface area contributed by atoms with Crippen molar-refractivity contribution in [2.75, 3.05) is 18.6 Å². The summed E-state index contributed by atoms with van der Waals surface area (Å²) in [5.41, 5.74) is -0.733. The highest BCUT2D eigenvalue weighted by molar-refractivity contribution is 7.98. The molecule has 0 radical (unpaired) electrons. The van der Waals surface area contributed by atoms with E-state index in [0.29, 0.717) is 18.9 Å². The first kappa shape index (κ1) is 15.3. The quantitative estimate of drug-likeness (QED) is 0.825. The van der Waals surface area contributed by atoms with Crippen LogP contribution in [-0.2, 0) is 9.59 Å². The first-order valence-corrected chi connectivity index (χ1v) is 7.87. The molecule has 1 saturated heterocycles. The zero-order valence-electron chi connectivity index (χ0n) is 11.9. The van der Waals surface area contributed by atoms with Gasteiger partial charge in [-0.1, -0.05) is 13.8 Å². The lowest BCUT2D eigenvalue weighted by molar-refractivity contribution is -0.154. The summed E-state index contributed by atoms with van der Waals surface area (Å²) in [6, 6.07) is -0.360. The molecule has 0 spiro atoms. The summed E-state index contributed by atoms with van der Waals surface area (Å²) < 4.78 is 0. The maximum absolute atomic E-state index is 12.5. The minimum absolute atomic E-state index is 0.0460. The molecule has 0 aromatic rings. The molecule has 1 heterocycles. The van der Waals surface area contributed by atoms with Gasteiger partial charge in [-0.2, -0.15) is 11.8 Å². The van der Waals surface area contributed by atoms with Crippen molar-refractivity contribution in [1.29, 1.82) is 0 Å². The van der Waals surface area contributed by atoms with Crippen LogP contribution in [0.25, 0.3) is 0 Å². The van der Waals surface area contributed by atoms with E-state index in [1.165, 1.54) is 0 Å². The van der Waals surface area contributed by atoms with Gasteiger partial charge >= 0.3 is 0 Å². The molecular formula is C13H24N2O2S. The standard InChI is InChI=1S/C13H24N2O2S/c1-6-13(4)12(17)15(7-9(2)8-18-5)10(3)11(16)14-13/h9-10H,6-8H2,1-5H3,(H,14,16). The Balaban J connectivity index is 2.85. The van der Waals surface area contributed by atoms with Crippen molar-refractivity contribution in [2.24, 2.45) is 5.92 Å². The summed E-state index contributed by atoms with van der Waals surface area (Å²) in [4.78, 5) is 26.2. The number of nitrogens with one attached hydrogen (secondary N) is 1. The molecule has 1 aliphatic heterocycles. The molecule has 2 amide bonds. The number of nitrogens with zero attached hydrogens (tertiary/aromatic N) is 1. The third-order valence-corrected chi connectivity index (χ3v) is 4.55. The largest absolute Gasteiger partial charge is 0.340 e. The molecule has 0 aromatic carbocycles. The van der Waals surface area contributed by atoms with Crippen molar-refractivity contribution >= 4 is 23.6 Å². The van der Waals surface area contributed by atoms with Crippen molar-refractivity contribution in [3.8, 4) is 0 Å². The molecule has 18 heavy (non-hydrogen) atoms. The second-order valence-electron chi connectivity index (χ2n) is 5.37. The van der Waals surface area contributed by atoms with Crippen molar-refractivity contribution < 1.29 is 9.59 Å².